The molecule has 0 saturated heterocycles. The molecule has 17 heavy (non-hydrogen) atoms. The molecule has 1 fully saturated rings. The molecule has 0 radical (unpaired) electrons. The van der Waals surface area contributed by atoms with E-state index in [1.54, 1.807) is 7.11 Å². The molecule has 1 aliphatic carbocycles. The number of rotatable bonds is 8. The Bertz CT molecular complexity index is 221. The number of hydrogen-bond donors (Lipinski definition) is 2. The maximum atomic E-state index is 11.5. The van der Waals surface area contributed by atoms with Crippen LogP contribution in [0, 0.1) is 11.8 Å². The third-order valence-electron chi connectivity index (χ3n) is 2.96. The van der Waals surface area contributed by atoms with Crippen LogP contribution in [0.1, 0.15) is 26.7 Å². The molecule has 4 nitrogen and oxygen atoms in total. The normalized spacial score (nSPS) is 16.5. The smallest absolute Gasteiger partial charge is 0.234 e. The third-order valence-corrected chi connectivity index (χ3v) is 2.96. The lowest BCUT2D eigenvalue weighted by Gasteiger charge is -2.19. The van der Waals surface area contributed by atoms with Gasteiger partial charge in [-0.25, -0.2) is 0 Å². The maximum absolute atomic E-state index is 11.5. The number of ether oxygens (including phenoxy) is 1. The van der Waals surface area contributed by atoms with Gasteiger partial charge >= 0.3 is 0 Å². The molecule has 1 atom stereocenters. The average molecular weight is 265 g/mol. The predicted molar refractivity (Wildman–Crippen MR) is 71.5 cm³/mol. The van der Waals surface area contributed by atoms with Crippen molar-refractivity contribution in [3.63, 3.8) is 0 Å². The molecule has 0 aromatic carbocycles. The Hall–Kier alpha value is -0.320. The van der Waals surface area contributed by atoms with Crippen LogP contribution in [0.5, 0.6) is 0 Å². The molecule has 1 rings (SSSR count). The van der Waals surface area contributed by atoms with Crippen molar-refractivity contribution in [3.05, 3.63) is 0 Å². The van der Waals surface area contributed by atoms with Crippen LogP contribution in [0.15, 0.2) is 0 Å². The number of halogens is 1. The minimum Gasteiger partial charge on any atom is -0.379 e. The monoisotopic (exact) mass is 264 g/mol. The Morgan fingerprint density at radius 2 is 2.06 bits per heavy atom. The highest BCUT2D eigenvalue weighted by atomic mass is 35.5. The SMILES string of the molecule is COC(CNC(=O)CNCC1CC1)C(C)C.Cl. The second-order valence-electron chi connectivity index (χ2n) is 4.90. The summed E-state index contributed by atoms with van der Waals surface area (Å²) in [7, 11) is 1.68. The summed E-state index contributed by atoms with van der Waals surface area (Å²) in [5, 5.41) is 6.05. The van der Waals surface area contributed by atoms with E-state index in [-0.39, 0.29) is 24.4 Å². The van der Waals surface area contributed by atoms with Crippen LogP contribution < -0.4 is 10.6 Å². The summed E-state index contributed by atoms with van der Waals surface area (Å²) in [6.45, 7) is 6.17. The zero-order valence-corrected chi connectivity index (χ0v) is 11.8. The molecule has 0 heterocycles. The van der Waals surface area contributed by atoms with E-state index < -0.39 is 0 Å². The van der Waals surface area contributed by atoms with Crippen LogP contribution in [-0.4, -0.2) is 38.8 Å². The maximum Gasteiger partial charge on any atom is 0.234 e. The first kappa shape index (κ1) is 16.7. The summed E-state index contributed by atoms with van der Waals surface area (Å²) in [6.07, 6.45) is 2.73. The topological polar surface area (TPSA) is 50.4 Å². The molecule has 1 unspecified atom stereocenters. The highest BCUT2D eigenvalue weighted by Gasteiger charge is 2.20. The first-order valence-electron chi connectivity index (χ1n) is 6.13. The zero-order chi connectivity index (χ0) is 12.0. The molecule has 1 amide bonds. The van der Waals surface area contributed by atoms with Crippen molar-refractivity contribution in [1.29, 1.82) is 0 Å². The van der Waals surface area contributed by atoms with Crippen molar-refractivity contribution in [2.75, 3.05) is 26.7 Å². The largest absolute Gasteiger partial charge is 0.379 e. The Morgan fingerprint density at radius 3 is 2.53 bits per heavy atom. The number of methoxy groups -OCH3 is 1. The summed E-state index contributed by atoms with van der Waals surface area (Å²) in [5.41, 5.74) is 0. The quantitative estimate of drug-likeness (QED) is 0.693. The lowest BCUT2D eigenvalue weighted by atomic mass is 10.1. The Balaban J connectivity index is 0.00000256. The molecule has 1 aliphatic rings. The van der Waals surface area contributed by atoms with Gasteiger partial charge in [0.1, 0.15) is 0 Å². The van der Waals surface area contributed by atoms with Crippen molar-refractivity contribution >= 4 is 18.3 Å². The average Bonchev–Trinajstić information content (AvgIpc) is 3.02. The lowest BCUT2D eigenvalue weighted by molar-refractivity contribution is -0.120. The van der Waals surface area contributed by atoms with Crippen LogP contribution in [0.3, 0.4) is 0 Å². The van der Waals surface area contributed by atoms with E-state index in [0.717, 1.165) is 12.5 Å². The van der Waals surface area contributed by atoms with Crippen LogP contribution in [0.2, 0.25) is 0 Å². The molecule has 0 bridgehead atoms. The van der Waals surface area contributed by atoms with Gasteiger partial charge in [-0.05, 0) is 31.2 Å². The molecule has 0 aromatic rings. The van der Waals surface area contributed by atoms with Crippen molar-refractivity contribution in [1.82, 2.24) is 10.6 Å². The fourth-order valence-electron chi connectivity index (χ4n) is 1.58. The molecule has 5 heteroatoms. The molecule has 0 spiro atoms. The minimum absolute atomic E-state index is 0. The van der Waals surface area contributed by atoms with Gasteiger partial charge in [-0.1, -0.05) is 13.8 Å². The Morgan fingerprint density at radius 1 is 1.41 bits per heavy atom. The summed E-state index contributed by atoms with van der Waals surface area (Å²) >= 11 is 0. The third kappa shape index (κ3) is 7.58. The molecule has 2 N–H and O–H groups in total. The number of carbonyl (C=O) groups is 1. The fraction of sp³-hybridized carbons (Fsp3) is 0.917. The number of nitrogens with one attached hydrogen (secondary N) is 2. The highest BCUT2D eigenvalue weighted by Crippen LogP contribution is 2.27. The van der Waals surface area contributed by atoms with E-state index in [9.17, 15) is 4.79 Å². The minimum atomic E-state index is 0. The highest BCUT2D eigenvalue weighted by molar-refractivity contribution is 5.85. The first-order valence-corrected chi connectivity index (χ1v) is 6.13. The first-order chi connectivity index (χ1) is 7.63. The van der Waals surface area contributed by atoms with Gasteiger partial charge in [0.2, 0.25) is 5.91 Å². The molecule has 0 aliphatic heterocycles. The van der Waals surface area contributed by atoms with E-state index >= 15 is 0 Å². The van der Waals surface area contributed by atoms with E-state index in [0.29, 0.717) is 19.0 Å². The molecule has 1 saturated carbocycles. The molecule has 102 valence electrons. The Kier molecular flexibility index (Phi) is 8.56. The van der Waals surface area contributed by atoms with Gasteiger partial charge in [-0.3, -0.25) is 4.79 Å². The number of amides is 1. The summed E-state index contributed by atoms with van der Waals surface area (Å²) < 4.78 is 5.28. The van der Waals surface area contributed by atoms with Gasteiger partial charge in [0.05, 0.1) is 12.6 Å². The van der Waals surface area contributed by atoms with E-state index in [1.165, 1.54) is 12.8 Å². The van der Waals surface area contributed by atoms with Crippen molar-refractivity contribution < 1.29 is 9.53 Å². The van der Waals surface area contributed by atoms with Crippen LogP contribution in [0.4, 0.5) is 0 Å². The van der Waals surface area contributed by atoms with Crippen LogP contribution in [-0.2, 0) is 9.53 Å². The van der Waals surface area contributed by atoms with E-state index in [4.69, 9.17) is 4.74 Å². The van der Waals surface area contributed by atoms with Crippen molar-refractivity contribution in [2.24, 2.45) is 11.8 Å². The zero-order valence-electron chi connectivity index (χ0n) is 11.0. The van der Waals surface area contributed by atoms with E-state index in [2.05, 4.69) is 24.5 Å². The summed E-state index contributed by atoms with van der Waals surface area (Å²) in [4.78, 5) is 11.5. The number of carbonyl (C=O) groups excluding carboxylic acids is 1. The van der Waals surface area contributed by atoms with Gasteiger partial charge < -0.3 is 15.4 Å². The molecule has 0 aromatic heterocycles. The molecular formula is C12H25ClN2O2. The van der Waals surface area contributed by atoms with Crippen molar-refractivity contribution in [3.8, 4) is 0 Å². The second-order valence-corrected chi connectivity index (χ2v) is 4.90. The van der Waals surface area contributed by atoms with Gasteiger partial charge in [-0.15, -0.1) is 12.4 Å². The van der Waals surface area contributed by atoms with Crippen LogP contribution >= 0.6 is 12.4 Å². The summed E-state index contributed by atoms with van der Waals surface area (Å²) in [6, 6.07) is 0. The standard InChI is InChI=1S/C12H24N2O2.ClH/c1-9(2)11(16-3)7-14-12(15)8-13-6-10-4-5-10;/h9-11,13H,4-8H2,1-3H3,(H,14,15);1H. The fourth-order valence-corrected chi connectivity index (χ4v) is 1.58. The van der Waals surface area contributed by atoms with Gasteiger partial charge in [0, 0.05) is 13.7 Å². The lowest BCUT2D eigenvalue weighted by Crippen LogP contribution is -2.40. The summed E-state index contributed by atoms with van der Waals surface area (Å²) in [5.74, 6) is 1.29. The van der Waals surface area contributed by atoms with Crippen LogP contribution in [0.25, 0.3) is 0 Å². The van der Waals surface area contributed by atoms with E-state index in [1.807, 2.05) is 0 Å². The molecular weight excluding hydrogens is 240 g/mol. The number of hydrogen-bond acceptors (Lipinski definition) is 3. The van der Waals surface area contributed by atoms with Gasteiger partial charge in [0.25, 0.3) is 0 Å². The van der Waals surface area contributed by atoms with Gasteiger partial charge in [0.15, 0.2) is 0 Å². The second kappa shape index (κ2) is 8.72. The predicted octanol–water partition coefficient (Wildman–Crippen LogP) is 1.19. The van der Waals surface area contributed by atoms with Crippen molar-refractivity contribution in [2.45, 2.75) is 32.8 Å². The Labute approximate surface area is 110 Å². The van der Waals surface area contributed by atoms with Gasteiger partial charge in [-0.2, -0.15) is 0 Å².